The van der Waals surface area contributed by atoms with Crippen molar-refractivity contribution in [1.29, 1.82) is 0 Å². The molecule has 0 bridgehead atoms. The number of hydrogen-bond acceptors (Lipinski definition) is 4. The Morgan fingerprint density at radius 3 is 2.11 bits per heavy atom. The van der Waals surface area contributed by atoms with E-state index in [0.29, 0.717) is 22.7 Å². The van der Waals surface area contributed by atoms with Crippen LogP contribution in [0.5, 0.6) is 11.5 Å². The van der Waals surface area contributed by atoms with Crippen LogP contribution in [-0.2, 0) is 14.6 Å². The number of ether oxygens (including phenoxy) is 1. The molecule has 5 nitrogen and oxygen atoms in total. The molecule has 7 heteroatoms. The lowest BCUT2D eigenvalue weighted by atomic mass is 10.2. The second-order valence-electron chi connectivity index (χ2n) is 6.38. The van der Waals surface area contributed by atoms with Gasteiger partial charge in [0.25, 0.3) is 0 Å². The molecule has 4 rings (SSSR count). The number of hydrogen-bond donors (Lipinski definition) is 0. The number of rotatable bonds is 4. The minimum absolute atomic E-state index is 0.433. The number of amides is 1. The van der Waals surface area contributed by atoms with Crippen LogP contribution in [0, 0.1) is 0 Å². The van der Waals surface area contributed by atoms with Gasteiger partial charge in [-0.2, -0.15) is 0 Å². The van der Waals surface area contributed by atoms with Crippen LogP contribution in [0.1, 0.15) is 10.9 Å². The maximum atomic E-state index is 12.7. The number of para-hydroxylation sites is 1. The molecule has 28 heavy (non-hydrogen) atoms. The van der Waals surface area contributed by atoms with Crippen LogP contribution < -0.4 is 9.64 Å². The first-order chi connectivity index (χ1) is 13.4. The van der Waals surface area contributed by atoms with Gasteiger partial charge in [-0.25, -0.2) is 8.42 Å². The summed E-state index contributed by atoms with van der Waals surface area (Å²) >= 11 is 3.35. The molecule has 0 saturated carbocycles. The molecular weight excluding hydrogens is 442 g/mol. The molecule has 1 fully saturated rings. The molecule has 3 aromatic carbocycles. The van der Waals surface area contributed by atoms with Crippen LogP contribution in [-0.4, -0.2) is 20.1 Å². The molecular formula is C21H16BrNO4S. The Bertz CT molecular complexity index is 1100. The lowest BCUT2D eigenvalue weighted by Gasteiger charge is -2.24. The van der Waals surface area contributed by atoms with E-state index in [1.54, 1.807) is 48.5 Å². The molecule has 1 heterocycles. The number of halogens is 1. The zero-order valence-electron chi connectivity index (χ0n) is 14.7. The fraction of sp³-hybridized carbons (Fsp3) is 0.0952. The number of nitrogens with zero attached hydrogens (tertiary/aromatic N) is 1. The highest BCUT2D eigenvalue weighted by Crippen LogP contribution is 2.38. The molecule has 1 atom stereocenters. The van der Waals surface area contributed by atoms with Gasteiger partial charge in [0.05, 0.1) is 0 Å². The predicted octanol–water partition coefficient (Wildman–Crippen LogP) is 4.70. The standard InChI is InChI=1S/C21H16BrNO4S/c22-16-8-10-17(11-9-16)23-20(24)14-28(25,26)21(23)15-6-12-19(13-7-15)27-18-4-2-1-3-5-18/h1-13,21H,14H2/t21-/m1/s1. The monoisotopic (exact) mass is 457 g/mol. The SMILES string of the molecule is O=C1CS(=O)(=O)[C@H](c2ccc(Oc3ccccc3)cc2)N1c1ccc(Br)cc1. The van der Waals surface area contributed by atoms with E-state index in [1.807, 2.05) is 30.3 Å². The molecule has 1 amide bonds. The van der Waals surface area contributed by atoms with E-state index in [-0.39, 0.29) is 0 Å². The second-order valence-corrected chi connectivity index (χ2v) is 9.36. The number of anilines is 1. The highest BCUT2D eigenvalue weighted by Gasteiger charge is 2.45. The third-order valence-corrected chi connectivity index (χ3v) is 6.76. The van der Waals surface area contributed by atoms with Gasteiger partial charge >= 0.3 is 0 Å². The van der Waals surface area contributed by atoms with Crippen molar-refractivity contribution in [2.24, 2.45) is 0 Å². The number of benzene rings is 3. The summed E-state index contributed by atoms with van der Waals surface area (Å²) < 4.78 is 32.0. The minimum atomic E-state index is -3.64. The first-order valence-electron chi connectivity index (χ1n) is 8.56. The third kappa shape index (κ3) is 3.68. The summed E-state index contributed by atoms with van der Waals surface area (Å²) in [5.74, 6) is 0.343. The highest BCUT2D eigenvalue weighted by atomic mass is 79.9. The van der Waals surface area contributed by atoms with E-state index < -0.39 is 26.9 Å². The molecule has 1 aliphatic rings. The minimum Gasteiger partial charge on any atom is -0.457 e. The van der Waals surface area contributed by atoms with E-state index in [9.17, 15) is 13.2 Å². The first-order valence-corrected chi connectivity index (χ1v) is 11.1. The van der Waals surface area contributed by atoms with Crippen molar-refractivity contribution in [3.05, 3.63) is 88.9 Å². The highest BCUT2D eigenvalue weighted by molar-refractivity contribution is 9.10. The Labute approximate surface area is 171 Å². The van der Waals surface area contributed by atoms with Crippen molar-refractivity contribution in [3.8, 4) is 11.5 Å². The van der Waals surface area contributed by atoms with Gasteiger partial charge in [-0.15, -0.1) is 0 Å². The molecule has 3 aromatic rings. The molecule has 0 unspecified atom stereocenters. The maximum Gasteiger partial charge on any atom is 0.243 e. The van der Waals surface area contributed by atoms with Gasteiger partial charge < -0.3 is 4.74 Å². The van der Waals surface area contributed by atoms with Crippen molar-refractivity contribution >= 4 is 37.4 Å². The summed E-state index contributed by atoms with van der Waals surface area (Å²) in [6.45, 7) is 0. The molecule has 142 valence electrons. The molecule has 0 radical (unpaired) electrons. The Hall–Kier alpha value is -2.64. The second kappa shape index (κ2) is 7.41. The molecule has 0 N–H and O–H groups in total. The van der Waals surface area contributed by atoms with Gasteiger partial charge in [0, 0.05) is 10.2 Å². The maximum absolute atomic E-state index is 12.7. The average molecular weight is 458 g/mol. The van der Waals surface area contributed by atoms with Gasteiger partial charge in [0.1, 0.15) is 17.3 Å². The van der Waals surface area contributed by atoms with Crippen molar-refractivity contribution in [2.75, 3.05) is 10.7 Å². The predicted molar refractivity (Wildman–Crippen MR) is 111 cm³/mol. The molecule has 1 aliphatic heterocycles. The summed E-state index contributed by atoms with van der Waals surface area (Å²) in [6.07, 6.45) is 0. The molecule has 0 aliphatic carbocycles. The van der Waals surface area contributed by atoms with Crippen LogP contribution in [0.25, 0.3) is 0 Å². The van der Waals surface area contributed by atoms with Crippen LogP contribution in [0.15, 0.2) is 83.3 Å². The van der Waals surface area contributed by atoms with Gasteiger partial charge in [-0.05, 0) is 54.1 Å². The summed E-state index contributed by atoms with van der Waals surface area (Å²) in [7, 11) is -3.64. The largest absolute Gasteiger partial charge is 0.457 e. The fourth-order valence-corrected chi connectivity index (χ4v) is 5.21. The summed E-state index contributed by atoms with van der Waals surface area (Å²) in [6, 6.07) is 23.1. The van der Waals surface area contributed by atoms with E-state index >= 15 is 0 Å². The smallest absolute Gasteiger partial charge is 0.243 e. The van der Waals surface area contributed by atoms with Gasteiger partial charge in [0.15, 0.2) is 15.2 Å². The Kier molecular flexibility index (Phi) is 4.95. The van der Waals surface area contributed by atoms with Crippen LogP contribution in [0.4, 0.5) is 5.69 Å². The van der Waals surface area contributed by atoms with E-state index in [0.717, 1.165) is 4.47 Å². The van der Waals surface area contributed by atoms with Crippen LogP contribution in [0.3, 0.4) is 0 Å². The quantitative estimate of drug-likeness (QED) is 0.569. The summed E-state index contributed by atoms with van der Waals surface area (Å²) in [5, 5.41) is -1.05. The lowest BCUT2D eigenvalue weighted by molar-refractivity contribution is -0.115. The number of sulfone groups is 1. The van der Waals surface area contributed by atoms with Gasteiger partial charge in [0.2, 0.25) is 5.91 Å². The van der Waals surface area contributed by atoms with Crippen molar-refractivity contribution in [2.45, 2.75) is 5.37 Å². The topological polar surface area (TPSA) is 63.7 Å². The third-order valence-electron chi connectivity index (χ3n) is 4.42. The summed E-state index contributed by atoms with van der Waals surface area (Å²) in [4.78, 5) is 13.8. The van der Waals surface area contributed by atoms with Crippen LogP contribution in [0.2, 0.25) is 0 Å². The average Bonchev–Trinajstić information content (AvgIpc) is 2.92. The van der Waals surface area contributed by atoms with Gasteiger partial charge in [-0.3, -0.25) is 9.69 Å². The van der Waals surface area contributed by atoms with E-state index in [2.05, 4.69) is 15.9 Å². The Morgan fingerprint density at radius 1 is 0.857 bits per heavy atom. The molecule has 0 spiro atoms. The fourth-order valence-electron chi connectivity index (χ4n) is 3.17. The lowest BCUT2D eigenvalue weighted by Crippen LogP contribution is -2.29. The van der Waals surface area contributed by atoms with Crippen LogP contribution >= 0.6 is 15.9 Å². The Balaban J connectivity index is 1.66. The zero-order chi connectivity index (χ0) is 19.7. The summed E-state index contributed by atoms with van der Waals surface area (Å²) in [5.41, 5.74) is 1.07. The number of carbonyl (C=O) groups excluding carboxylic acids is 1. The number of carbonyl (C=O) groups is 1. The van der Waals surface area contributed by atoms with Crippen molar-refractivity contribution < 1.29 is 17.9 Å². The van der Waals surface area contributed by atoms with E-state index in [4.69, 9.17) is 4.74 Å². The van der Waals surface area contributed by atoms with Gasteiger partial charge in [-0.1, -0.05) is 46.3 Å². The van der Waals surface area contributed by atoms with Crippen molar-refractivity contribution in [3.63, 3.8) is 0 Å². The Morgan fingerprint density at radius 2 is 1.46 bits per heavy atom. The van der Waals surface area contributed by atoms with Crippen molar-refractivity contribution in [1.82, 2.24) is 0 Å². The molecule has 0 aromatic heterocycles. The van der Waals surface area contributed by atoms with E-state index in [1.165, 1.54) is 4.90 Å². The first kappa shape index (κ1) is 18.7. The zero-order valence-corrected chi connectivity index (χ0v) is 17.1. The normalized spacial score (nSPS) is 18.2. The molecule has 1 saturated heterocycles.